The molecule has 0 aromatic carbocycles. The standard InChI is InChI=1S/C13H21NOS/c1-3-10-4-5-12(16-10)13(15)11-8-9(2)6-7-14-11/h4-5,9,11,13-15H,3,6-8H2,1-2H3. The van der Waals surface area contributed by atoms with E-state index in [4.69, 9.17) is 0 Å². The number of aryl methyl sites for hydroxylation is 1. The molecule has 1 aromatic rings. The lowest BCUT2D eigenvalue weighted by Crippen LogP contribution is -2.41. The van der Waals surface area contributed by atoms with Crippen LogP contribution in [0.15, 0.2) is 12.1 Å². The second-order valence-corrected chi connectivity index (χ2v) is 5.99. The first-order chi connectivity index (χ1) is 7.70. The summed E-state index contributed by atoms with van der Waals surface area (Å²) in [5.74, 6) is 0.728. The highest BCUT2D eigenvalue weighted by molar-refractivity contribution is 7.12. The third-order valence-corrected chi connectivity index (χ3v) is 4.70. The maximum absolute atomic E-state index is 10.3. The third kappa shape index (κ3) is 2.65. The Labute approximate surface area is 102 Å². The van der Waals surface area contributed by atoms with E-state index < -0.39 is 0 Å². The lowest BCUT2D eigenvalue weighted by Gasteiger charge is -2.31. The molecule has 2 nitrogen and oxygen atoms in total. The molecule has 3 atom stereocenters. The minimum atomic E-state index is -0.326. The molecule has 2 rings (SSSR count). The van der Waals surface area contributed by atoms with Gasteiger partial charge in [-0.05, 0) is 43.9 Å². The van der Waals surface area contributed by atoms with Crippen molar-refractivity contribution in [2.45, 2.75) is 45.3 Å². The fourth-order valence-electron chi connectivity index (χ4n) is 2.33. The van der Waals surface area contributed by atoms with Crippen LogP contribution in [0.3, 0.4) is 0 Å². The normalized spacial score (nSPS) is 27.9. The summed E-state index contributed by atoms with van der Waals surface area (Å²) < 4.78 is 0. The molecule has 2 N–H and O–H groups in total. The zero-order valence-corrected chi connectivity index (χ0v) is 10.9. The van der Waals surface area contributed by atoms with Crippen molar-refractivity contribution in [3.05, 3.63) is 21.9 Å². The van der Waals surface area contributed by atoms with Crippen LogP contribution in [0.25, 0.3) is 0 Å². The van der Waals surface area contributed by atoms with E-state index in [9.17, 15) is 5.11 Å². The first-order valence-corrected chi connectivity index (χ1v) is 7.02. The van der Waals surface area contributed by atoms with Crippen LogP contribution in [-0.2, 0) is 6.42 Å². The predicted molar refractivity (Wildman–Crippen MR) is 68.8 cm³/mol. The number of aliphatic hydroxyl groups excluding tert-OH is 1. The molecule has 3 unspecified atom stereocenters. The van der Waals surface area contributed by atoms with Crippen molar-refractivity contribution >= 4 is 11.3 Å². The van der Waals surface area contributed by atoms with Gasteiger partial charge in [0.1, 0.15) is 6.10 Å². The Kier molecular flexibility index (Phi) is 4.00. The summed E-state index contributed by atoms with van der Waals surface area (Å²) in [7, 11) is 0. The zero-order valence-electron chi connectivity index (χ0n) is 10.1. The van der Waals surface area contributed by atoms with Crippen molar-refractivity contribution in [3.8, 4) is 0 Å². The van der Waals surface area contributed by atoms with Crippen molar-refractivity contribution in [1.82, 2.24) is 5.32 Å². The fraction of sp³-hybridized carbons (Fsp3) is 0.692. The molecule has 0 bridgehead atoms. The van der Waals surface area contributed by atoms with Crippen LogP contribution >= 0.6 is 11.3 Å². The monoisotopic (exact) mass is 239 g/mol. The van der Waals surface area contributed by atoms with Gasteiger partial charge in [0, 0.05) is 15.8 Å². The van der Waals surface area contributed by atoms with E-state index in [-0.39, 0.29) is 12.1 Å². The minimum Gasteiger partial charge on any atom is -0.386 e. The molecule has 0 spiro atoms. The van der Waals surface area contributed by atoms with Gasteiger partial charge in [0.25, 0.3) is 0 Å². The third-order valence-electron chi connectivity index (χ3n) is 3.40. The lowest BCUT2D eigenvalue weighted by molar-refractivity contribution is 0.104. The van der Waals surface area contributed by atoms with E-state index in [0.29, 0.717) is 0 Å². The van der Waals surface area contributed by atoms with Gasteiger partial charge in [-0.2, -0.15) is 0 Å². The predicted octanol–water partition coefficient (Wildman–Crippen LogP) is 2.73. The Morgan fingerprint density at radius 3 is 3.00 bits per heavy atom. The van der Waals surface area contributed by atoms with E-state index in [1.807, 2.05) is 0 Å². The molecular weight excluding hydrogens is 218 g/mol. The largest absolute Gasteiger partial charge is 0.386 e. The Hall–Kier alpha value is -0.380. The smallest absolute Gasteiger partial charge is 0.103 e. The topological polar surface area (TPSA) is 32.3 Å². The van der Waals surface area contributed by atoms with Gasteiger partial charge in [0.05, 0.1) is 0 Å². The summed E-state index contributed by atoms with van der Waals surface area (Å²) in [6, 6.07) is 4.46. The number of piperidine rings is 1. The lowest BCUT2D eigenvalue weighted by atomic mass is 9.91. The highest BCUT2D eigenvalue weighted by Gasteiger charge is 2.26. The van der Waals surface area contributed by atoms with Gasteiger partial charge in [-0.15, -0.1) is 11.3 Å². The second kappa shape index (κ2) is 5.30. The molecule has 3 heteroatoms. The van der Waals surface area contributed by atoms with Crippen LogP contribution in [0, 0.1) is 5.92 Å². The van der Waals surface area contributed by atoms with Gasteiger partial charge in [-0.25, -0.2) is 0 Å². The van der Waals surface area contributed by atoms with E-state index in [2.05, 4.69) is 31.3 Å². The summed E-state index contributed by atoms with van der Waals surface area (Å²) in [6.07, 6.45) is 3.05. The number of hydrogen-bond donors (Lipinski definition) is 2. The van der Waals surface area contributed by atoms with Crippen LogP contribution in [0.5, 0.6) is 0 Å². The maximum Gasteiger partial charge on any atom is 0.103 e. The van der Waals surface area contributed by atoms with Gasteiger partial charge in [-0.3, -0.25) is 0 Å². The summed E-state index contributed by atoms with van der Waals surface area (Å²) >= 11 is 1.75. The Balaban J connectivity index is 2.02. The van der Waals surface area contributed by atoms with E-state index in [1.54, 1.807) is 11.3 Å². The Morgan fingerprint density at radius 2 is 2.38 bits per heavy atom. The van der Waals surface area contributed by atoms with Crippen LogP contribution in [-0.4, -0.2) is 17.7 Å². The first-order valence-electron chi connectivity index (χ1n) is 6.20. The summed E-state index contributed by atoms with van der Waals surface area (Å²) in [6.45, 7) is 5.46. The molecule has 0 aliphatic carbocycles. The highest BCUT2D eigenvalue weighted by atomic mass is 32.1. The van der Waals surface area contributed by atoms with Crippen LogP contribution in [0.1, 0.15) is 42.5 Å². The van der Waals surface area contributed by atoms with E-state index in [1.165, 1.54) is 11.3 Å². The second-order valence-electron chi connectivity index (χ2n) is 4.79. The molecule has 2 heterocycles. The SMILES string of the molecule is CCc1ccc(C(O)C2CC(C)CCN2)s1. The summed E-state index contributed by atoms with van der Waals surface area (Å²) in [4.78, 5) is 2.47. The van der Waals surface area contributed by atoms with Gasteiger partial charge in [-0.1, -0.05) is 13.8 Å². The van der Waals surface area contributed by atoms with E-state index >= 15 is 0 Å². The molecule has 1 aromatic heterocycles. The number of rotatable bonds is 3. The van der Waals surface area contributed by atoms with Gasteiger partial charge >= 0.3 is 0 Å². The first kappa shape index (κ1) is 12.1. The minimum absolute atomic E-state index is 0.243. The van der Waals surface area contributed by atoms with Crippen molar-refractivity contribution in [3.63, 3.8) is 0 Å². The Bertz CT molecular complexity index is 336. The molecule has 1 saturated heterocycles. The van der Waals surface area contributed by atoms with Crippen LogP contribution < -0.4 is 5.32 Å². The van der Waals surface area contributed by atoms with Crippen molar-refractivity contribution in [2.75, 3.05) is 6.54 Å². The molecule has 1 fully saturated rings. The maximum atomic E-state index is 10.3. The number of thiophene rings is 1. The van der Waals surface area contributed by atoms with Crippen molar-refractivity contribution in [1.29, 1.82) is 0 Å². The van der Waals surface area contributed by atoms with Gasteiger partial charge in [0.15, 0.2) is 0 Å². The molecule has 0 saturated carbocycles. The molecule has 16 heavy (non-hydrogen) atoms. The zero-order chi connectivity index (χ0) is 11.5. The molecule has 90 valence electrons. The Morgan fingerprint density at radius 1 is 1.56 bits per heavy atom. The average Bonchev–Trinajstić information content (AvgIpc) is 2.76. The summed E-state index contributed by atoms with van der Waals surface area (Å²) in [5, 5.41) is 13.8. The molecule has 1 aliphatic heterocycles. The highest BCUT2D eigenvalue weighted by Crippen LogP contribution is 2.30. The number of aliphatic hydroxyl groups is 1. The van der Waals surface area contributed by atoms with Crippen molar-refractivity contribution in [2.24, 2.45) is 5.92 Å². The number of nitrogens with one attached hydrogen (secondary N) is 1. The van der Waals surface area contributed by atoms with Crippen molar-refractivity contribution < 1.29 is 5.11 Å². The average molecular weight is 239 g/mol. The molecular formula is C13H21NOS. The molecule has 0 amide bonds. The quantitative estimate of drug-likeness (QED) is 0.850. The van der Waals surface area contributed by atoms with Crippen LogP contribution in [0.2, 0.25) is 0 Å². The van der Waals surface area contributed by atoms with Crippen LogP contribution in [0.4, 0.5) is 0 Å². The molecule has 0 radical (unpaired) electrons. The van der Waals surface area contributed by atoms with E-state index in [0.717, 1.165) is 30.2 Å². The summed E-state index contributed by atoms with van der Waals surface area (Å²) in [5.41, 5.74) is 0. The fourth-order valence-corrected chi connectivity index (χ4v) is 3.34. The number of hydrogen-bond acceptors (Lipinski definition) is 3. The molecule has 1 aliphatic rings. The van der Waals surface area contributed by atoms with Gasteiger partial charge < -0.3 is 10.4 Å². The van der Waals surface area contributed by atoms with Gasteiger partial charge in [0.2, 0.25) is 0 Å².